The molecule has 1 aromatic carbocycles. The van der Waals surface area contributed by atoms with Crippen LogP contribution >= 0.6 is 11.6 Å². The van der Waals surface area contributed by atoms with Crippen molar-refractivity contribution in [2.45, 2.75) is 13.0 Å². The Morgan fingerprint density at radius 3 is 2.95 bits per heavy atom. The molecule has 1 aromatic heterocycles. The molecule has 0 spiro atoms. The number of nitrogens with two attached hydrogens (primary N) is 1. The predicted octanol–water partition coefficient (Wildman–Crippen LogP) is 1.27. The molecule has 0 aliphatic carbocycles. The van der Waals surface area contributed by atoms with Crippen molar-refractivity contribution in [3.8, 4) is 0 Å². The lowest BCUT2D eigenvalue weighted by Gasteiger charge is -2.07. The van der Waals surface area contributed by atoms with Crippen LogP contribution in [-0.2, 0) is 17.7 Å². The van der Waals surface area contributed by atoms with Gasteiger partial charge in [-0.3, -0.25) is 0 Å². The van der Waals surface area contributed by atoms with Crippen LogP contribution in [-0.4, -0.2) is 34.6 Å². The van der Waals surface area contributed by atoms with Crippen LogP contribution in [0.5, 0.6) is 0 Å². The van der Waals surface area contributed by atoms with Crippen molar-refractivity contribution in [1.29, 1.82) is 0 Å². The standard InChI is InChI=1S/C13H15ClN4O2/c1-20-13(19)12-11(5-6-15)18(17-16-12)8-9-3-2-4-10(14)7-9/h2-4,7H,5-6,8,15H2,1H3. The number of ether oxygens (including phenoxy) is 1. The van der Waals surface area contributed by atoms with Gasteiger partial charge in [0.2, 0.25) is 0 Å². The zero-order valence-corrected chi connectivity index (χ0v) is 11.8. The number of carbonyl (C=O) groups is 1. The number of hydrogen-bond donors (Lipinski definition) is 1. The fraction of sp³-hybridized carbons (Fsp3) is 0.308. The van der Waals surface area contributed by atoms with Gasteiger partial charge in [0.25, 0.3) is 0 Å². The van der Waals surface area contributed by atoms with E-state index in [4.69, 9.17) is 17.3 Å². The summed E-state index contributed by atoms with van der Waals surface area (Å²) in [6.45, 7) is 0.868. The molecule has 0 unspecified atom stereocenters. The number of hydrogen-bond acceptors (Lipinski definition) is 5. The Labute approximate surface area is 121 Å². The van der Waals surface area contributed by atoms with Gasteiger partial charge in [-0.15, -0.1) is 5.10 Å². The van der Waals surface area contributed by atoms with Crippen molar-refractivity contribution in [2.24, 2.45) is 5.73 Å². The van der Waals surface area contributed by atoms with Crippen LogP contribution in [0.3, 0.4) is 0 Å². The second-order valence-electron chi connectivity index (χ2n) is 4.20. The highest BCUT2D eigenvalue weighted by atomic mass is 35.5. The Hall–Kier alpha value is -1.92. The SMILES string of the molecule is COC(=O)c1nnn(Cc2cccc(Cl)c2)c1CCN. The maximum absolute atomic E-state index is 11.6. The molecule has 0 fully saturated rings. The molecule has 0 amide bonds. The van der Waals surface area contributed by atoms with E-state index in [0.717, 1.165) is 5.56 Å². The maximum Gasteiger partial charge on any atom is 0.360 e. The van der Waals surface area contributed by atoms with Gasteiger partial charge in [0.15, 0.2) is 5.69 Å². The summed E-state index contributed by atoms with van der Waals surface area (Å²) in [4.78, 5) is 11.6. The van der Waals surface area contributed by atoms with E-state index in [0.29, 0.717) is 30.2 Å². The molecular formula is C13H15ClN4O2. The van der Waals surface area contributed by atoms with Gasteiger partial charge in [0.05, 0.1) is 19.3 Å². The topological polar surface area (TPSA) is 83.0 Å². The molecular weight excluding hydrogens is 280 g/mol. The molecule has 106 valence electrons. The van der Waals surface area contributed by atoms with Gasteiger partial charge in [0, 0.05) is 11.4 Å². The minimum Gasteiger partial charge on any atom is -0.464 e. The summed E-state index contributed by atoms with van der Waals surface area (Å²) in [7, 11) is 1.31. The molecule has 0 atom stereocenters. The third kappa shape index (κ3) is 3.15. The van der Waals surface area contributed by atoms with Crippen molar-refractivity contribution >= 4 is 17.6 Å². The minimum atomic E-state index is -0.509. The quantitative estimate of drug-likeness (QED) is 0.840. The van der Waals surface area contributed by atoms with E-state index in [-0.39, 0.29) is 5.69 Å². The zero-order valence-electron chi connectivity index (χ0n) is 11.0. The molecule has 0 aliphatic rings. The maximum atomic E-state index is 11.6. The van der Waals surface area contributed by atoms with Crippen LogP contribution in [0.1, 0.15) is 21.7 Å². The first-order chi connectivity index (χ1) is 9.65. The Balaban J connectivity index is 2.31. The van der Waals surface area contributed by atoms with Gasteiger partial charge in [-0.25, -0.2) is 9.48 Å². The van der Waals surface area contributed by atoms with Crippen molar-refractivity contribution in [3.63, 3.8) is 0 Å². The summed E-state index contributed by atoms with van der Waals surface area (Å²) >= 11 is 5.95. The van der Waals surface area contributed by atoms with Crippen LogP contribution in [0.2, 0.25) is 5.02 Å². The molecule has 0 saturated heterocycles. The molecule has 6 nitrogen and oxygen atoms in total. The van der Waals surface area contributed by atoms with E-state index >= 15 is 0 Å². The number of esters is 1. The Kier molecular flexibility index (Phi) is 4.70. The van der Waals surface area contributed by atoms with Crippen LogP contribution in [0.25, 0.3) is 0 Å². The number of aromatic nitrogens is 3. The van der Waals surface area contributed by atoms with Gasteiger partial charge in [-0.1, -0.05) is 28.9 Å². The van der Waals surface area contributed by atoms with Gasteiger partial charge in [-0.2, -0.15) is 0 Å². The van der Waals surface area contributed by atoms with Crippen molar-refractivity contribution in [2.75, 3.05) is 13.7 Å². The first kappa shape index (κ1) is 14.5. The lowest BCUT2D eigenvalue weighted by atomic mass is 10.2. The number of methoxy groups -OCH3 is 1. The first-order valence-electron chi connectivity index (χ1n) is 6.11. The average Bonchev–Trinajstić information content (AvgIpc) is 2.82. The highest BCUT2D eigenvalue weighted by Crippen LogP contribution is 2.14. The third-order valence-corrected chi connectivity index (χ3v) is 3.05. The van der Waals surface area contributed by atoms with E-state index in [1.807, 2.05) is 18.2 Å². The minimum absolute atomic E-state index is 0.208. The molecule has 0 aliphatic heterocycles. The Morgan fingerprint density at radius 1 is 1.50 bits per heavy atom. The van der Waals surface area contributed by atoms with E-state index in [2.05, 4.69) is 15.0 Å². The molecule has 0 radical (unpaired) electrons. The second kappa shape index (κ2) is 6.49. The van der Waals surface area contributed by atoms with Crippen molar-refractivity contribution < 1.29 is 9.53 Å². The molecule has 7 heteroatoms. The monoisotopic (exact) mass is 294 g/mol. The van der Waals surface area contributed by atoms with E-state index < -0.39 is 5.97 Å². The van der Waals surface area contributed by atoms with Crippen LogP contribution < -0.4 is 5.73 Å². The number of benzene rings is 1. The van der Waals surface area contributed by atoms with E-state index in [9.17, 15) is 4.79 Å². The molecule has 0 bridgehead atoms. The summed E-state index contributed by atoms with van der Waals surface area (Å²) in [6, 6.07) is 7.43. The fourth-order valence-corrected chi connectivity index (χ4v) is 2.12. The van der Waals surface area contributed by atoms with E-state index in [1.54, 1.807) is 10.7 Å². The van der Waals surface area contributed by atoms with Gasteiger partial charge < -0.3 is 10.5 Å². The predicted molar refractivity (Wildman–Crippen MR) is 74.7 cm³/mol. The van der Waals surface area contributed by atoms with Gasteiger partial charge in [-0.05, 0) is 24.2 Å². The summed E-state index contributed by atoms with van der Waals surface area (Å²) in [5, 5.41) is 8.52. The summed E-state index contributed by atoms with van der Waals surface area (Å²) < 4.78 is 6.33. The average molecular weight is 295 g/mol. The highest BCUT2D eigenvalue weighted by Gasteiger charge is 2.19. The summed E-state index contributed by atoms with van der Waals surface area (Å²) in [6.07, 6.45) is 0.498. The Bertz CT molecular complexity index is 612. The molecule has 2 aromatic rings. The lowest BCUT2D eigenvalue weighted by Crippen LogP contribution is -2.14. The van der Waals surface area contributed by atoms with Crippen LogP contribution in [0.15, 0.2) is 24.3 Å². The smallest absolute Gasteiger partial charge is 0.360 e. The molecule has 20 heavy (non-hydrogen) atoms. The third-order valence-electron chi connectivity index (χ3n) is 2.82. The van der Waals surface area contributed by atoms with Gasteiger partial charge >= 0.3 is 5.97 Å². The molecule has 2 rings (SSSR count). The second-order valence-corrected chi connectivity index (χ2v) is 4.64. The molecule has 1 heterocycles. The summed E-state index contributed by atoms with van der Waals surface area (Å²) in [5.41, 5.74) is 7.42. The first-order valence-corrected chi connectivity index (χ1v) is 6.48. The Morgan fingerprint density at radius 2 is 2.30 bits per heavy atom. The number of halogens is 1. The number of nitrogens with zero attached hydrogens (tertiary/aromatic N) is 3. The number of rotatable bonds is 5. The van der Waals surface area contributed by atoms with Crippen molar-refractivity contribution in [3.05, 3.63) is 46.2 Å². The fourth-order valence-electron chi connectivity index (χ4n) is 1.91. The highest BCUT2D eigenvalue weighted by molar-refractivity contribution is 6.30. The van der Waals surface area contributed by atoms with Gasteiger partial charge in [0.1, 0.15) is 0 Å². The number of carbonyl (C=O) groups excluding carboxylic acids is 1. The van der Waals surface area contributed by atoms with Crippen LogP contribution in [0, 0.1) is 0 Å². The largest absolute Gasteiger partial charge is 0.464 e. The normalized spacial score (nSPS) is 10.6. The van der Waals surface area contributed by atoms with Crippen LogP contribution in [0.4, 0.5) is 0 Å². The van der Waals surface area contributed by atoms with Crippen molar-refractivity contribution in [1.82, 2.24) is 15.0 Å². The lowest BCUT2D eigenvalue weighted by molar-refractivity contribution is 0.0592. The molecule has 2 N–H and O–H groups in total. The zero-order chi connectivity index (χ0) is 14.5. The summed E-state index contributed by atoms with van der Waals surface area (Å²) in [5.74, 6) is -0.509. The molecule has 0 saturated carbocycles. The van der Waals surface area contributed by atoms with E-state index in [1.165, 1.54) is 7.11 Å².